The van der Waals surface area contributed by atoms with E-state index in [0.717, 1.165) is 16.8 Å². The van der Waals surface area contributed by atoms with Gasteiger partial charge in [0.05, 0.1) is 42.3 Å². The van der Waals surface area contributed by atoms with E-state index in [9.17, 15) is 14.9 Å². The number of likely N-dealkylation sites (N-methyl/N-ethyl adjacent to an activating group) is 1. The summed E-state index contributed by atoms with van der Waals surface area (Å²) in [5.74, 6) is -0.208. The van der Waals surface area contributed by atoms with E-state index in [1.165, 1.54) is 40.5 Å². The Kier molecular flexibility index (Phi) is 5.24. The van der Waals surface area contributed by atoms with Crippen molar-refractivity contribution < 1.29 is 14.6 Å². The molecule has 8 heteroatoms. The number of rotatable bonds is 6. The largest absolute Gasteiger partial charge is 0.338 e. The molecule has 0 radical (unpaired) electrons. The number of amides is 1. The fraction of sp³-hybridized carbons (Fsp3) is 0.222. The molecular formula is C18H19N4O3S+. The second-order valence-corrected chi connectivity index (χ2v) is 7.19. The maximum atomic E-state index is 13.0. The first-order valence-electron chi connectivity index (χ1n) is 8.16. The Morgan fingerprint density at radius 2 is 1.88 bits per heavy atom. The third-order valence-corrected chi connectivity index (χ3v) is 4.98. The number of nitro benzene ring substituents is 1. The first kappa shape index (κ1) is 18.0. The molecule has 26 heavy (non-hydrogen) atoms. The summed E-state index contributed by atoms with van der Waals surface area (Å²) in [6.45, 7) is 1.27. The van der Waals surface area contributed by atoms with Gasteiger partial charge in [-0.2, -0.15) is 0 Å². The highest BCUT2D eigenvalue weighted by Gasteiger charge is 2.22. The first-order chi connectivity index (χ1) is 12.5. The summed E-state index contributed by atoms with van der Waals surface area (Å²) in [7, 11) is 4.04. The summed E-state index contributed by atoms with van der Waals surface area (Å²) in [4.78, 5) is 30.8. The molecule has 1 N–H and O–H groups in total. The minimum absolute atomic E-state index is 0.0363. The van der Waals surface area contributed by atoms with Crippen LogP contribution in [0.4, 0.5) is 10.8 Å². The van der Waals surface area contributed by atoms with Crippen LogP contribution in [0.5, 0.6) is 0 Å². The lowest BCUT2D eigenvalue weighted by atomic mass is 10.2. The van der Waals surface area contributed by atoms with Gasteiger partial charge in [-0.3, -0.25) is 19.8 Å². The molecule has 0 aliphatic carbocycles. The third kappa shape index (κ3) is 3.87. The maximum Gasteiger partial charge on any atom is 0.269 e. The summed E-state index contributed by atoms with van der Waals surface area (Å²) in [5, 5.41) is 11.4. The van der Waals surface area contributed by atoms with Crippen LogP contribution in [0, 0.1) is 10.1 Å². The minimum atomic E-state index is -0.477. The monoisotopic (exact) mass is 371 g/mol. The molecule has 0 bridgehead atoms. The predicted octanol–water partition coefficient (Wildman–Crippen LogP) is 2.00. The van der Waals surface area contributed by atoms with E-state index >= 15 is 0 Å². The van der Waals surface area contributed by atoms with Gasteiger partial charge in [-0.15, -0.1) is 0 Å². The SMILES string of the molecule is C[NH+](C)CCN(C(=O)c1ccc([N+](=O)[O-])cc1)c1nc2ccccc2s1. The van der Waals surface area contributed by atoms with Crippen LogP contribution in [0.15, 0.2) is 48.5 Å². The molecule has 0 unspecified atom stereocenters. The number of para-hydroxylation sites is 1. The average molecular weight is 371 g/mol. The van der Waals surface area contributed by atoms with Crippen LogP contribution in [0.25, 0.3) is 10.2 Å². The number of nitro groups is 1. The summed E-state index contributed by atoms with van der Waals surface area (Å²) in [5.41, 5.74) is 1.22. The molecule has 1 aromatic heterocycles. The maximum absolute atomic E-state index is 13.0. The van der Waals surface area contributed by atoms with Gasteiger partial charge in [-0.1, -0.05) is 23.5 Å². The first-order valence-corrected chi connectivity index (χ1v) is 8.98. The van der Waals surface area contributed by atoms with Crippen LogP contribution in [-0.2, 0) is 0 Å². The van der Waals surface area contributed by atoms with Crippen molar-refractivity contribution >= 4 is 38.3 Å². The van der Waals surface area contributed by atoms with E-state index in [4.69, 9.17) is 0 Å². The zero-order valence-corrected chi connectivity index (χ0v) is 15.3. The highest BCUT2D eigenvalue weighted by molar-refractivity contribution is 7.22. The summed E-state index contributed by atoms with van der Waals surface area (Å²) in [6.07, 6.45) is 0. The number of anilines is 1. The number of nitrogens with one attached hydrogen (secondary N) is 1. The standard InChI is InChI=1S/C18H18N4O3S/c1-20(2)11-12-21(18-19-15-5-3-4-6-16(15)26-18)17(23)13-7-9-14(10-8-13)22(24)25/h3-10H,11-12H2,1-2H3/p+1. The molecule has 0 spiro atoms. The lowest BCUT2D eigenvalue weighted by molar-refractivity contribution is -0.856. The van der Waals surface area contributed by atoms with Gasteiger partial charge in [0.25, 0.3) is 11.6 Å². The number of hydrogen-bond donors (Lipinski definition) is 1. The number of nitrogens with zero attached hydrogens (tertiary/aromatic N) is 3. The molecule has 0 aliphatic rings. The highest BCUT2D eigenvalue weighted by atomic mass is 32.1. The van der Waals surface area contributed by atoms with E-state index < -0.39 is 4.92 Å². The molecule has 1 amide bonds. The Bertz CT molecular complexity index is 904. The van der Waals surface area contributed by atoms with Gasteiger partial charge in [0, 0.05) is 17.7 Å². The van der Waals surface area contributed by atoms with Crippen LogP contribution in [0.1, 0.15) is 10.4 Å². The quantitative estimate of drug-likeness (QED) is 0.531. The molecule has 0 fully saturated rings. The van der Waals surface area contributed by atoms with Crippen molar-refractivity contribution in [3.05, 3.63) is 64.2 Å². The van der Waals surface area contributed by atoms with Crippen LogP contribution in [0.2, 0.25) is 0 Å². The second kappa shape index (κ2) is 7.59. The normalized spacial score (nSPS) is 11.0. The molecule has 134 valence electrons. The molecule has 3 aromatic rings. The molecule has 0 atom stereocenters. The Morgan fingerprint density at radius 1 is 1.19 bits per heavy atom. The van der Waals surface area contributed by atoms with Gasteiger partial charge in [0.15, 0.2) is 5.13 Å². The van der Waals surface area contributed by atoms with Crippen molar-refractivity contribution in [3.8, 4) is 0 Å². The summed E-state index contributed by atoms with van der Waals surface area (Å²) in [6, 6.07) is 13.4. The van der Waals surface area contributed by atoms with E-state index in [-0.39, 0.29) is 11.6 Å². The van der Waals surface area contributed by atoms with E-state index in [0.29, 0.717) is 17.2 Å². The lowest BCUT2D eigenvalue weighted by Gasteiger charge is -2.20. The number of aromatic nitrogens is 1. The Labute approximate surface area is 154 Å². The van der Waals surface area contributed by atoms with Crippen molar-refractivity contribution in [1.82, 2.24) is 4.98 Å². The van der Waals surface area contributed by atoms with Gasteiger partial charge >= 0.3 is 0 Å². The fourth-order valence-electron chi connectivity index (χ4n) is 2.48. The van der Waals surface area contributed by atoms with Crippen LogP contribution < -0.4 is 9.80 Å². The highest BCUT2D eigenvalue weighted by Crippen LogP contribution is 2.29. The predicted molar refractivity (Wildman–Crippen MR) is 102 cm³/mol. The topological polar surface area (TPSA) is 80.8 Å². The smallest absolute Gasteiger partial charge is 0.269 e. The summed E-state index contributed by atoms with van der Waals surface area (Å²) < 4.78 is 1.01. The summed E-state index contributed by atoms with van der Waals surface area (Å²) >= 11 is 1.46. The number of thiazole rings is 1. The van der Waals surface area contributed by atoms with E-state index in [2.05, 4.69) is 4.98 Å². The number of non-ortho nitro benzene ring substituents is 1. The lowest BCUT2D eigenvalue weighted by Crippen LogP contribution is -3.06. The number of hydrogen-bond acceptors (Lipinski definition) is 5. The Morgan fingerprint density at radius 3 is 2.50 bits per heavy atom. The molecule has 2 aromatic carbocycles. The second-order valence-electron chi connectivity index (χ2n) is 6.18. The fourth-order valence-corrected chi connectivity index (χ4v) is 3.47. The number of quaternary nitrogens is 1. The van der Waals surface area contributed by atoms with Gasteiger partial charge in [0.1, 0.15) is 0 Å². The molecule has 0 aliphatic heterocycles. The average Bonchev–Trinajstić information content (AvgIpc) is 3.05. The van der Waals surface area contributed by atoms with Crippen molar-refractivity contribution in [2.75, 3.05) is 32.1 Å². The van der Waals surface area contributed by atoms with E-state index in [1.54, 1.807) is 4.90 Å². The number of fused-ring (bicyclic) bond motifs is 1. The zero-order chi connectivity index (χ0) is 18.7. The number of carbonyl (C=O) groups is 1. The zero-order valence-electron chi connectivity index (χ0n) is 14.5. The van der Waals surface area contributed by atoms with E-state index in [1.807, 2.05) is 38.4 Å². The van der Waals surface area contributed by atoms with Gasteiger partial charge < -0.3 is 4.90 Å². The molecule has 0 saturated heterocycles. The molecule has 0 saturated carbocycles. The van der Waals surface area contributed by atoms with Gasteiger partial charge in [-0.05, 0) is 24.3 Å². The van der Waals surface area contributed by atoms with Crippen LogP contribution in [0.3, 0.4) is 0 Å². The molecule has 7 nitrogen and oxygen atoms in total. The molecule has 3 rings (SSSR count). The third-order valence-electron chi connectivity index (χ3n) is 3.92. The Hall–Kier alpha value is -2.84. The van der Waals surface area contributed by atoms with Crippen LogP contribution in [-0.4, -0.2) is 43.0 Å². The van der Waals surface area contributed by atoms with Crippen molar-refractivity contribution in [3.63, 3.8) is 0 Å². The van der Waals surface area contributed by atoms with Gasteiger partial charge in [0.2, 0.25) is 0 Å². The molecular weight excluding hydrogens is 352 g/mol. The van der Waals surface area contributed by atoms with Crippen molar-refractivity contribution in [2.45, 2.75) is 0 Å². The molecule has 1 heterocycles. The van der Waals surface area contributed by atoms with Gasteiger partial charge in [-0.25, -0.2) is 4.98 Å². The Balaban J connectivity index is 1.94. The van der Waals surface area contributed by atoms with Crippen molar-refractivity contribution in [1.29, 1.82) is 0 Å². The minimum Gasteiger partial charge on any atom is -0.338 e. The van der Waals surface area contributed by atoms with Crippen molar-refractivity contribution in [2.24, 2.45) is 0 Å². The van der Waals surface area contributed by atoms with Crippen LogP contribution >= 0.6 is 11.3 Å². The number of benzene rings is 2. The number of carbonyl (C=O) groups excluding carboxylic acids is 1.